The largest absolute Gasteiger partial charge is 0.409 e. The summed E-state index contributed by atoms with van der Waals surface area (Å²) in [6, 6.07) is 5.36. The lowest BCUT2D eigenvalue weighted by molar-refractivity contribution is 0.102. The van der Waals surface area contributed by atoms with Crippen LogP contribution in [0.4, 0.5) is 10.1 Å². The molecule has 0 saturated heterocycles. The Kier molecular flexibility index (Phi) is 4.55. The molecule has 0 fully saturated rings. The second kappa shape index (κ2) is 6.18. The maximum atomic E-state index is 13.2. The van der Waals surface area contributed by atoms with Gasteiger partial charge in [0.05, 0.1) is 14.1 Å². The summed E-state index contributed by atoms with van der Waals surface area (Å²) in [4.78, 5) is 12.0. The number of hydrogen-bond donors (Lipinski definition) is 3. The van der Waals surface area contributed by atoms with Gasteiger partial charge in [-0.3, -0.25) is 4.79 Å². The van der Waals surface area contributed by atoms with Crippen molar-refractivity contribution < 1.29 is 14.4 Å². The molecule has 20 heavy (non-hydrogen) atoms. The van der Waals surface area contributed by atoms with Crippen LogP contribution in [-0.4, -0.2) is 17.0 Å². The summed E-state index contributed by atoms with van der Waals surface area (Å²) in [6.45, 7) is 0. The molecule has 2 rings (SSSR count). The third-order valence-corrected chi connectivity index (χ3v) is 4.23. The highest BCUT2D eigenvalue weighted by Gasteiger charge is 2.13. The first kappa shape index (κ1) is 14.7. The van der Waals surface area contributed by atoms with E-state index in [1.165, 1.54) is 23.5 Å². The summed E-state index contributed by atoms with van der Waals surface area (Å²) in [7, 11) is 0. The lowest BCUT2D eigenvalue weighted by Gasteiger charge is -2.09. The monoisotopic (exact) mass is 405 g/mol. The first-order valence-corrected chi connectivity index (χ1v) is 7.30. The molecule has 1 aromatic heterocycles. The Bertz CT molecular complexity index is 687. The van der Waals surface area contributed by atoms with Gasteiger partial charge in [0.15, 0.2) is 5.84 Å². The summed E-state index contributed by atoms with van der Waals surface area (Å²) in [5, 5.41) is 15.8. The van der Waals surface area contributed by atoms with Gasteiger partial charge in [0.25, 0.3) is 5.91 Å². The van der Waals surface area contributed by atoms with Gasteiger partial charge in [0.2, 0.25) is 0 Å². The Morgan fingerprint density at radius 2 is 2.20 bits per heavy atom. The zero-order chi connectivity index (χ0) is 14.7. The quantitative estimate of drug-likeness (QED) is 0.241. The van der Waals surface area contributed by atoms with Crippen LogP contribution in [0, 0.1) is 8.70 Å². The fourth-order valence-electron chi connectivity index (χ4n) is 1.51. The van der Waals surface area contributed by atoms with E-state index in [0.29, 0.717) is 5.56 Å². The van der Waals surface area contributed by atoms with Crippen LogP contribution >= 0.6 is 33.9 Å². The molecule has 5 nitrogen and oxygen atoms in total. The zero-order valence-electron chi connectivity index (χ0n) is 9.93. The van der Waals surface area contributed by atoms with Crippen molar-refractivity contribution in [2.75, 3.05) is 5.32 Å². The number of nitrogens with zero attached hydrogens (tertiary/aromatic N) is 1. The predicted molar refractivity (Wildman–Crippen MR) is 83.9 cm³/mol. The van der Waals surface area contributed by atoms with E-state index in [-0.39, 0.29) is 23.0 Å². The fraction of sp³-hybridized carbons (Fsp3) is 0. The van der Waals surface area contributed by atoms with E-state index >= 15 is 0 Å². The molecule has 0 unspecified atom stereocenters. The first-order chi connectivity index (χ1) is 9.51. The lowest BCUT2D eigenvalue weighted by atomic mass is 10.1. The van der Waals surface area contributed by atoms with Crippen molar-refractivity contribution in [1.29, 1.82) is 0 Å². The van der Waals surface area contributed by atoms with Crippen molar-refractivity contribution >= 4 is 51.4 Å². The lowest BCUT2D eigenvalue weighted by Crippen LogP contribution is -2.19. The molecule has 0 spiro atoms. The minimum Gasteiger partial charge on any atom is -0.409 e. The van der Waals surface area contributed by atoms with Gasteiger partial charge in [0, 0.05) is 10.9 Å². The molecular formula is C12H9FIN3O2S. The number of nitrogens with one attached hydrogen (secondary N) is 1. The molecule has 1 amide bonds. The molecule has 1 aromatic carbocycles. The van der Waals surface area contributed by atoms with Crippen LogP contribution in [0.3, 0.4) is 0 Å². The molecule has 1 heterocycles. The van der Waals surface area contributed by atoms with Gasteiger partial charge in [-0.15, -0.1) is 11.3 Å². The topological polar surface area (TPSA) is 87.7 Å². The van der Waals surface area contributed by atoms with Crippen LogP contribution in [0.1, 0.15) is 15.9 Å². The van der Waals surface area contributed by atoms with Crippen LogP contribution in [0.5, 0.6) is 0 Å². The Morgan fingerprint density at radius 3 is 2.80 bits per heavy atom. The van der Waals surface area contributed by atoms with Crippen molar-refractivity contribution in [3.63, 3.8) is 0 Å². The number of carbonyl (C=O) groups is 1. The molecule has 0 aliphatic rings. The van der Waals surface area contributed by atoms with Crippen molar-refractivity contribution in [2.45, 2.75) is 0 Å². The Morgan fingerprint density at radius 1 is 1.45 bits per heavy atom. The van der Waals surface area contributed by atoms with E-state index in [0.717, 1.165) is 8.95 Å². The maximum absolute atomic E-state index is 13.2. The smallest absolute Gasteiger partial charge is 0.256 e. The Balaban J connectivity index is 2.32. The Labute approximate surface area is 131 Å². The van der Waals surface area contributed by atoms with Gasteiger partial charge in [-0.25, -0.2) is 4.39 Å². The minimum absolute atomic E-state index is 0.116. The number of benzene rings is 1. The van der Waals surface area contributed by atoms with E-state index in [2.05, 4.69) is 33.1 Å². The molecule has 0 saturated carbocycles. The van der Waals surface area contributed by atoms with Crippen LogP contribution in [-0.2, 0) is 0 Å². The third-order valence-electron chi connectivity index (χ3n) is 2.44. The molecule has 0 atom stereocenters. The number of carbonyl (C=O) groups excluding carboxylic acids is 1. The number of anilines is 1. The third kappa shape index (κ3) is 3.25. The number of hydrogen-bond acceptors (Lipinski definition) is 4. The second-order valence-corrected chi connectivity index (χ2v) is 6.57. The van der Waals surface area contributed by atoms with E-state index in [1.807, 2.05) is 0 Å². The summed E-state index contributed by atoms with van der Waals surface area (Å²) in [5.41, 5.74) is 6.35. The van der Waals surface area contributed by atoms with E-state index in [1.54, 1.807) is 11.4 Å². The normalized spacial score (nSPS) is 11.4. The van der Waals surface area contributed by atoms with Gasteiger partial charge in [0.1, 0.15) is 5.82 Å². The van der Waals surface area contributed by atoms with Crippen LogP contribution in [0.25, 0.3) is 0 Å². The van der Waals surface area contributed by atoms with Gasteiger partial charge in [-0.05, 0) is 46.9 Å². The van der Waals surface area contributed by atoms with Crippen molar-refractivity contribution in [3.8, 4) is 0 Å². The molecule has 2 aromatic rings. The average Bonchev–Trinajstić information content (AvgIpc) is 2.86. The van der Waals surface area contributed by atoms with E-state index < -0.39 is 5.82 Å². The molecule has 8 heteroatoms. The van der Waals surface area contributed by atoms with E-state index in [4.69, 9.17) is 10.9 Å². The molecular weight excluding hydrogens is 396 g/mol. The first-order valence-electron chi connectivity index (χ1n) is 5.34. The molecule has 0 aliphatic carbocycles. The van der Waals surface area contributed by atoms with Crippen LogP contribution in [0.2, 0.25) is 0 Å². The highest BCUT2D eigenvalue weighted by molar-refractivity contribution is 14.1. The number of rotatable bonds is 3. The van der Waals surface area contributed by atoms with Crippen molar-refractivity contribution in [3.05, 3.63) is 49.5 Å². The second-order valence-electron chi connectivity index (χ2n) is 3.77. The Hall–Kier alpha value is -1.68. The number of oxime groups is 1. The molecule has 0 bridgehead atoms. The molecule has 4 N–H and O–H groups in total. The summed E-state index contributed by atoms with van der Waals surface area (Å²) >= 11 is 3.55. The van der Waals surface area contributed by atoms with Gasteiger partial charge >= 0.3 is 0 Å². The number of nitrogens with two attached hydrogens (primary N) is 1. The van der Waals surface area contributed by atoms with Crippen LogP contribution in [0.15, 0.2) is 34.8 Å². The van der Waals surface area contributed by atoms with Gasteiger partial charge in [-0.1, -0.05) is 5.16 Å². The van der Waals surface area contributed by atoms with Crippen LogP contribution < -0.4 is 11.1 Å². The minimum atomic E-state index is -0.547. The fourth-order valence-corrected chi connectivity index (χ4v) is 2.84. The highest BCUT2D eigenvalue weighted by Crippen LogP contribution is 2.21. The number of halogens is 2. The standard InChI is InChI=1S/C12H9FIN3O2S/c13-7-1-2-9(8(4-7)11(15)17-19)16-12(18)6-3-10(14)20-5-6/h1-5,19H,(H2,15,17)(H,16,18). The predicted octanol–water partition coefficient (Wildman–Crippen LogP) is 2.84. The highest BCUT2D eigenvalue weighted by atomic mass is 127. The van der Waals surface area contributed by atoms with Gasteiger partial charge < -0.3 is 16.3 Å². The number of amidine groups is 1. The summed E-state index contributed by atoms with van der Waals surface area (Å²) in [5.74, 6) is -1.17. The molecule has 0 aliphatic heterocycles. The maximum Gasteiger partial charge on any atom is 0.256 e. The number of amides is 1. The zero-order valence-corrected chi connectivity index (χ0v) is 12.9. The van der Waals surface area contributed by atoms with E-state index in [9.17, 15) is 9.18 Å². The van der Waals surface area contributed by atoms with Gasteiger partial charge in [-0.2, -0.15) is 0 Å². The van der Waals surface area contributed by atoms with Crippen molar-refractivity contribution in [1.82, 2.24) is 0 Å². The number of thiophene rings is 1. The summed E-state index contributed by atoms with van der Waals surface area (Å²) in [6.07, 6.45) is 0. The summed E-state index contributed by atoms with van der Waals surface area (Å²) < 4.78 is 14.2. The SMILES string of the molecule is N/C(=N/O)c1cc(F)ccc1NC(=O)c1csc(I)c1. The van der Waals surface area contributed by atoms with Crippen molar-refractivity contribution in [2.24, 2.45) is 10.9 Å². The average molecular weight is 405 g/mol. The molecule has 0 radical (unpaired) electrons. The molecule has 104 valence electrons.